The van der Waals surface area contributed by atoms with Crippen LogP contribution in [0.5, 0.6) is 0 Å². The number of unbranched alkanes of at least 4 members (excludes halogenated alkanes) is 1. The highest BCUT2D eigenvalue weighted by Gasteiger charge is 2.38. The van der Waals surface area contributed by atoms with Crippen LogP contribution in [0.25, 0.3) is 0 Å². The molecular formula is C16H30N4O3. The summed E-state index contributed by atoms with van der Waals surface area (Å²) in [6, 6.07) is -0.0877. The standard InChI is InChI=1S/C16H30N4O3/c1-6-7-8-12(21)18-19-14(23)13(22)17-11-9-15(2,3)20-16(4,5)10-11/h11,20H,6-10H2,1-5H3,(H,17,22)(H,18,21)(H,19,23). The van der Waals surface area contributed by atoms with Crippen molar-refractivity contribution in [2.75, 3.05) is 0 Å². The molecule has 1 aliphatic rings. The van der Waals surface area contributed by atoms with Crippen molar-refractivity contribution in [2.24, 2.45) is 0 Å². The van der Waals surface area contributed by atoms with Gasteiger partial charge in [0.25, 0.3) is 0 Å². The Morgan fingerprint density at radius 1 is 1.00 bits per heavy atom. The summed E-state index contributed by atoms with van der Waals surface area (Å²) in [5, 5.41) is 6.27. The quantitative estimate of drug-likeness (QED) is 0.452. The van der Waals surface area contributed by atoms with Crippen LogP contribution in [-0.2, 0) is 14.4 Å². The van der Waals surface area contributed by atoms with Crippen molar-refractivity contribution in [2.45, 2.75) is 83.8 Å². The van der Waals surface area contributed by atoms with Crippen molar-refractivity contribution in [3.63, 3.8) is 0 Å². The highest BCUT2D eigenvalue weighted by atomic mass is 16.2. The number of amides is 3. The molecule has 0 aromatic carbocycles. The van der Waals surface area contributed by atoms with Gasteiger partial charge in [0.2, 0.25) is 5.91 Å². The second-order valence-electron chi connectivity index (χ2n) is 7.58. The number of carbonyl (C=O) groups is 3. The molecule has 0 saturated carbocycles. The summed E-state index contributed by atoms with van der Waals surface area (Å²) >= 11 is 0. The van der Waals surface area contributed by atoms with E-state index in [1.807, 2.05) is 6.92 Å². The van der Waals surface area contributed by atoms with Crippen molar-refractivity contribution in [3.05, 3.63) is 0 Å². The van der Waals surface area contributed by atoms with Gasteiger partial charge in [0, 0.05) is 23.5 Å². The lowest BCUT2D eigenvalue weighted by Gasteiger charge is -2.46. The van der Waals surface area contributed by atoms with Gasteiger partial charge in [-0.25, -0.2) is 0 Å². The fourth-order valence-corrected chi connectivity index (χ4v) is 3.26. The molecule has 3 amide bonds. The van der Waals surface area contributed by atoms with E-state index >= 15 is 0 Å². The first-order valence-corrected chi connectivity index (χ1v) is 8.24. The topological polar surface area (TPSA) is 99.3 Å². The van der Waals surface area contributed by atoms with E-state index in [1.165, 1.54) is 0 Å². The van der Waals surface area contributed by atoms with Gasteiger partial charge in [0.1, 0.15) is 0 Å². The van der Waals surface area contributed by atoms with E-state index in [9.17, 15) is 14.4 Å². The summed E-state index contributed by atoms with van der Waals surface area (Å²) in [6.07, 6.45) is 3.43. The van der Waals surface area contributed by atoms with Crippen LogP contribution >= 0.6 is 0 Å². The van der Waals surface area contributed by atoms with E-state index < -0.39 is 11.8 Å². The van der Waals surface area contributed by atoms with Crippen molar-refractivity contribution in [1.29, 1.82) is 0 Å². The zero-order chi connectivity index (χ0) is 17.7. The average Bonchev–Trinajstić information content (AvgIpc) is 2.38. The first-order valence-electron chi connectivity index (χ1n) is 8.24. The monoisotopic (exact) mass is 326 g/mol. The molecule has 1 aliphatic heterocycles. The number of carbonyl (C=O) groups excluding carboxylic acids is 3. The molecule has 1 saturated heterocycles. The fraction of sp³-hybridized carbons (Fsp3) is 0.812. The zero-order valence-electron chi connectivity index (χ0n) is 14.8. The molecule has 0 radical (unpaired) electrons. The molecule has 0 atom stereocenters. The van der Waals surface area contributed by atoms with Gasteiger partial charge in [0.15, 0.2) is 0 Å². The van der Waals surface area contributed by atoms with Crippen LogP contribution in [0.4, 0.5) is 0 Å². The first kappa shape index (κ1) is 19.4. The van der Waals surface area contributed by atoms with E-state index in [1.54, 1.807) is 0 Å². The molecule has 0 bridgehead atoms. The normalized spacial score (nSPS) is 19.7. The van der Waals surface area contributed by atoms with Gasteiger partial charge in [-0.15, -0.1) is 0 Å². The van der Waals surface area contributed by atoms with Gasteiger partial charge in [-0.2, -0.15) is 0 Å². The van der Waals surface area contributed by atoms with Gasteiger partial charge >= 0.3 is 11.8 Å². The average molecular weight is 326 g/mol. The molecule has 0 aromatic heterocycles. The van der Waals surface area contributed by atoms with Crippen LogP contribution in [0.2, 0.25) is 0 Å². The number of hydrazine groups is 1. The van der Waals surface area contributed by atoms with Gasteiger partial charge in [-0.05, 0) is 47.0 Å². The first-order chi connectivity index (χ1) is 10.5. The van der Waals surface area contributed by atoms with Gasteiger partial charge < -0.3 is 10.6 Å². The Balaban J connectivity index is 2.45. The predicted molar refractivity (Wildman–Crippen MR) is 88.3 cm³/mol. The summed E-state index contributed by atoms with van der Waals surface area (Å²) in [5.74, 6) is -1.86. The Labute approximate surface area is 138 Å². The summed E-state index contributed by atoms with van der Waals surface area (Å²) in [4.78, 5) is 35.2. The summed E-state index contributed by atoms with van der Waals surface area (Å²) in [5.41, 5.74) is 4.17. The third-order valence-electron chi connectivity index (χ3n) is 3.80. The largest absolute Gasteiger partial charge is 0.345 e. The third-order valence-corrected chi connectivity index (χ3v) is 3.80. The summed E-state index contributed by atoms with van der Waals surface area (Å²) in [7, 11) is 0. The fourth-order valence-electron chi connectivity index (χ4n) is 3.26. The van der Waals surface area contributed by atoms with Crippen molar-refractivity contribution in [1.82, 2.24) is 21.5 Å². The highest BCUT2D eigenvalue weighted by Crippen LogP contribution is 2.28. The van der Waals surface area contributed by atoms with Crippen LogP contribution in [0.3, 0.4) is 0 Å². The molecule has 1 heterocycles. The van der Waals surface area contributed by atoms with Crippen LogP contribution in [-0.4, -0.2) is 34.8 Å². The van der Waals surface area contributed by atoms with E-state index in [0.717, 1.165) is 25.7 Å². The Morgan fingerprint density at radius 2 is 1.57 bits per heavy atom. The number of nitrogens with one attached hydrogen (secondary N) is 4. The Bertz CT molecular complexity index is 444. The number of rotatable bonds is 4. The zero-order valence-corrected chi connectivity index (χ0v) is 14.8. The van der Waals surface area contributed by atoms with Crippen molar-refractivity contribution < 1.29 is 14.4 Å². The Morgan fingerprint density at radius 3 is 2.09 bits per heavy atom. The number of piperidine rings is 1. The molecule has 23 heavy (non-hydrogen) atoms. The minimum atomic E-state index is -0.844. The molecule has 0 aromatic rings. The molecule has 1 fully saturated rings. The lowest BCUT2D eigenvalue weighted by molar-refractivity contribution is -0.141. The van der Waals surface area contributed by atoms with Gasteiger partial charge in [-0.3, -0.25) is 25.2 Å². The van der Waals surface area contributed by atoms with Gasteiger partial charge in [-0.1, -0.05) is 13.3 Å². The minimum Gasteiger partial charge on any atom is -0.345 e. The van der Waals surface area contributed by atoms with Crippen LogP contribution < -0.4 is 21.5 Å². The molecule has 0 aliphatic carbocycles. The van der Waals surface area contributed by atoms with Crippen LogP contribution in [0.15, 0.2) is 0 Å². The predicted octanol–water partition coefficient (Wildman–Crippen LogP) is 0.749. The summed E-state index contributed by atoms with van der Waals surface area (Å²) in [6.45, 7) is 10.3. The molecule has 132 valence electrons. The maximum Gasteiger partial charge on any atom is 0.327 e. The lowest BCUT2D eigenvalue weighted by atomic mass is 9.79. The smallest absolute Gasteiger partial charge is 0.327 e. The maximum absolute atomic E-state index is 12.0. The molecule has 0 spiro atoms. The minimum absolute atomic E-state index is 0.0877. The second kappa shape index (κ2) is 7.77. The van der Waals surface area contributed by atoms with E-state index in [0.29, 0.717) is 6.42 Å². The lowest BCUT2D eigenvalue weighted by Crippen LogP contribution is -2.63. The number of hydrogen-bond donors (Lipinski definition) is 4. The van der Waals surface area contributed by atoms with Crippen LogP contribution in [0.1, 0.15) is 66.7 Å². The molecule has 1 rings (SSSR count). The Hall–Kier alpha value is -1.63. The summed E-state index contributed by atoms with van der Waals surface area (Å²) < 4.78 is 0. The van der Waals surface area contributed by atoms with Crippen molar-refractivity contribution in [3.8, 4) is 0 Å². The molecular weight excluding hydrogens is 296 g/mol. The van der Waals surface area contributed by atoms with E-state index in [4.69, 9.17) is 0 Å². The SMILES string of the molecule is CCCCC(=O)NNC(=O)C(=O)NC1CC(C)(C)NC(C)(C)C1. The van der Waals surface area contributed by atoms with Gasteiger partial charge in [0.05, 0.1) is 0 Å². The maximum atomic E-state index is 12.0. The molecule has 7 heteroatoms. The van der Waals surface area contributed by atoms with E-state index in [-0.39, 0.29) is 23.0 Å². The third kappa shape index (κ3) is 6.99. The van der Waals surface area contributed by atoms with Crippen LogP contribution in [0, 0.1) is 0 Å². The molecule has 7 nitrogen and oxygen atoms in total. The molecule has 4 N–H and O–H groups in total. The Kier molecular flexibility index (Phi) is 6.56. The van der Waals surface area contributed by atoms with E-state index in [2.05, 4.69) is 49.2 Å². The highest BCUT2D eigenvalue weighted by molar-refractivity contribution is 6.35. The number of hydrogen-bond acceptors (Lipinski definition) is 4. The molecule has 0 unspecified atom stereocenters. The van der Waals surface area contributed by atoms with Crippen molar-refractivity contribution >= 4 is 17.7 Å². The second-order valence-corrected chi connectivity index (χ2v) is 7.58.